The van der Waals surface area contributed by atoms with Gasteiger partial charge in [-0.2, -0.15) is 0 Å². The minimum absolute atomic E-state index is 0.256. The molecule has 3 aliphatic rings. The van der Waals surface area contributed by atoms with Crippen LogP contribution in [0.3, 0.4) is 0 Å². The fourth-order valence-electron chi connectivity index (χ4n) is 4.41. The maximum atomic E-state index is 14.9. The molecule has 1 fully saturated rings. The van der Waals surface area contributed by atoms with Crippen LogP contribution in [0.2, 0.25) is 5.02 Å². The number of aliphatic carboxylic acids is 1. The fraction of sp³-hybridized carbons (Fsp3) is 0.333. The Morgan fingerprint density at radius 2 is 2.07 bits per heavy atom. The first kappa shape index (κ1) is 18.2. The van der Waals surface area contributed by atoms with Gasteiger partial charge in [-0.15, -0.1) is 21.5 Å². The minimum Gasteiger partial charge on any atom is -0.481 e. The van der Waals surface area contributed by atoms with Gasteiger partial charge in [-0.3, -0.25) is 14.4 Å². The first-order valence-corrected chi connectivity index (χ1v) is 11.0. The van der Waals surface area contributed by atoms with Crippen LogP contribution in [0, 0.1) is 11.7 Å². The number of carbonyl (C=O) groups is 1. The molecule has 0 saturated heterocycles. The largest absolute Gasteiger partial charge is 0.481 e. The number of nitrogens with zero attached hydrogens (tertiary/aromatic N) is 4. The second-order valence-electron chi connectivity index (χ2n) is 7.97. The number of hydrogen-bond donors (Lipinski definition) is 1. The van der Waals surface area contributed by atoms with Gasteiger partial charge >= 0.3 is 5.97 Å². The van der Waals surface area contributed by atoms with Gasteiger partial charge in [0.15, 0.2) is 5.82 Å². The van der Waals surface area contributed by atoms with Gasteiger partial charge in [-0.1, -0.05) is 17.7 Å². The zero-order valence-corrected chi connectivity index (χ0v) is 17.3. The summed E-state index contributed by atoms with van der Waals surface area (Å²) in [6, 6.07) is 4.59. The summed E-state index contributed by atoms with van der Waals surface area (Å²) in [5.41, 5.74) is 2.45. The molecule has 3 heterocycles. The number of aromatic nitrogens is 3. The molecule has 0 bridgehead atoms. The summed E-state index contributed by atoms with van der Waals surface area (Å²) in [5.74, 6) is 0.279. The number of carboxylic acid groups (broad SMARTS) is 1. The van der Waals surface area contributed by atoms with Gasteiger partial charge in [0.1, 0.15) is 23.2 Å². The van der Waals surface area contributed by atoms with Crippen LogP contribution >= 0.6 is 22.9 Å². The van der Waals surface area contributed by atoms with Crippen molar-refractivity contribution in [2.75, 3.05) is 0 Å². The average molecular weight is 443 g/mol. The first-order chi connectivity index (χ1) is 14.5. The summed E-state index contributed by atoms with van der Waals surface area (Å²) in [6.07, 6.45) is 3.02. The number of carboxylic acids is 1. The molecule has 6 nitrogen and oxygen atoms in total. The number of thiophene rings is 1. The van der Waals surface area contributed by atoms with Crippen molar-refractivity contribution in [2.24, 2.45) is 10.9 Å². The molecule has 6 rings (SSSR count). The van der Waals surface area contributed by atoms with Crippen molar-refractivity contribution < 1.29 is 14.3 Å². The number of rotatable bonds is 3. The van der Waals surface area contributed by atoms with Crippen LogP contribution < -0.4 is 0 Å². The molecule has 2 aliphatic carbocycles. The van der Waals surface area contributed by atoms with Crippen molar-refractivity contribution in [3.05, 3.63) is 62.3 Å². The topological polar surface area (TPSA) is 80.4 Å². The molecule has 1 aliphatic heterocycles. The predicted octanol–water partition coefficient (Wildman–Crippen LogP) is 4.15. The summed E-state index contributed by atoms with van der Waals surface area (Å²) in [5, 5.41) is 19.5. The Kier molecular flexibility index (Phi) is 3.92. The molecule has 0 radical (unpaired) electrons. The molecule has 30 heavy (non-hydrogen) atoms. The highest BCUT2D eigenvalue weighted by Crippen LogP contribution is 2.46. The Labute approximate surface area is 180 Å². The smallest absolute Gasteiger partial charge is 0.307 e. The molecule has 0 amide bonds. The lowest BCUT2D eigenvalue weighted by Crippen LogP contribution is -2.15. The number of halogens is 2. The molecule has 1 unspecified atom stereocenters. The lowest BCUT2D eigenvalue weighted by atomic mass is 9.97. The van der Waals surface area contributed by atoms with Crippen molar-refractivity contribution in [3.63, 3.8) is 0 Å². The van der Waals surface area contributed by atoms with E-state index in [1.165, 1.54) is 6.07 Å². The van der Waals surface area contributed by atoms with Crippen molar-refractivity contribution >= 4 is 34.6 Å². The van der Waals surface area contributed by atoms with E-state index in [0.717, 1.165) is 45.5 Å². The SMILES string of the molecule is O=C(O)C1Cc2sc3c(c2C1)C(c1c(F)cccc1Cl)=NCc1nnc(C2CC2)n1-3. The van der Waals surface area contributed by atoms with Crippen LogP contribution in [0.5, 0.6) is 0 Å². The van der Waals surface area contributed by atoms with E-state index in [1.54, 1.807) is 23.5 Å². The monoisotopic (exact) mass is 442 g/mol. The van der Waals surface area contributed by atoms with Crippen molar-refractivity contribution in [3.8, 4) is 5.00 Å². The van der Waals surface area contributed by atoms with E-state index in [-0.39, 0.29) is 17.1 Å². The van der Waals surface area contributed by atoms with E-state index in [9.17, 15) is 14.3 Å². The zero-order chi connectivity index (χ0) is 20.6. The van der Waals surface area contributed by atoms with E-state index in [1.807, 2.05) is 0 Å². The van der Waals surface area contributed by atoms with E-state index in [4.69, 9.17) is 16.6 Å². The molecule has 1 aromatic carbocycles. The lowest BCUT2D eigenvalue weighted by Gasteiger charge is -2.13. The maximum absolute atomic E-state index is 14.9. The Hall–Kier alpha value is -2.58. The summed E-state index contributed by atoms with van der Waals surface area (Å²) in [6.45, 7) is 0.262. The molecule has 1 N–H and O–H groups in total. The summed E-state index contributed by atoms with van der Waals surface area (Å²) in [4.78, 5) is 17.4. The van der Waals surface area contributed by atoms with Crippen molar-refractivity contribution in [1.29, 1.82) is 0 Å². The van der Waals surface area contributed by atoms with Crippen molar-refractivity contribution in [2.45, 2.75) is 38.1 Å². The Morgan fingerprint density at radius 1 is 1.23 bits per heavy atom. The number of benzene rings is 1. The number of fused-ring (bicyclic) bond motifs is 5. The molecule has 152 valence electrons. The third kappa shape index (κ3) is 2.60. The Balaban J connectivity index is 1.62. The maximum Gasteiger partial charge on any atom is 0.307 e. The van der Waals surface area contributed by atoms with Crippen LogP contribution in [0.25, 0.3) is 5.00 Å². The Morgan fingerprint density at radius 3 is 2.80 bits per heavy atom. The van der Waals surface area contributed by atoms with Crippen LogP contribution in [-0.2, 0) is 24.2 Å². The Bertz CT molecular complexity index is 1240. The van der Waals surface area contributed by atoms with Crippen LogP contribution in [0.1, 0.15) is 52.0 Å². The third-order valence-corrected chi connectivity index (χ3v) is 7.57. The lowest BCUT2D eigenvalue weighted by molar-refractivity contribution is -0.141. The van der Waals surface area contributed by atoms with E-state index >= 15 is 0 Å². The second kappa shape index (κ2) is 6.46. The quantitative estimate of drug-likeness (QED) is 0.660. The zero-order valence-electron chi connectivity index (χ0n) is 15.7. The number of hydrogen-bond acceptors (Lipinski definition) is 5. The molecule has 1 atom stereocenters. The second-order valence-corrected chi connectivity index (χ2v) is 9.46. The normalized spacial score (nSPS) is 19.7. The molecule has 3 aromatic rings. The molecule has 9 heteroatoms. The highest BCUT2D eigenvalue weighted by Gasteiger charge is 2.39. The summed E-state index contributed by atoms with van der Waals surface area (Å²) < 4.78 is 17.0. The van der Waals surface area contributed by atoms with Crippen LogP contribution in [0.15, 0.2) is 23.2 Å². The van der Waals surface area contributed by atoms with Gasteiger partial charge in [-0.25, -0.2) is 4.39 Å². The van der Waals surface area contributed by atoms with Gasteiger partial charge < -0.3 is 5.11 Å². The minimum atomic E-state index is -0.813. The van der Waals surface area contributed by atoms with Gasteiger partial charge in [-0.05, 0) is 43.4 Å². The van der Waals surface area contributed by atoms with Gasteiger partial charge in [0.05, 0.1) is 22.2 Å². The highest BCUT2D eigenvalue weighted by molar-refractivity contribution is 7.15. The standard InChI is InChI=1S/C21H16ClFN4O2S/c22-12-2-1-3-13(23)17(12)18-16-11-6-10(21(28)29)7-14(11)30-20(16)27-15(8-24-18)25-26-19(27)9-4-5-9/h1-3,9-10H,4-8H2,(H,28,29). The van der Waals surface area contributed by atoms with Gasteiger partial charge in [0.25, 0.3) is 0 Å². The molecule has 1 saturated carbocycles. The summed E-state index contributed by atoms with van der Waals surface area (Å²) in [7, 11) is 0. The molecular formula is C21H16ClFN4O2S. The first-order valence-electron chi connectivity index (χ1n) is 9.84. The average Bonchev–Trinajstić information content (AvgIpc) is 3.23. The van der Waals surface area contributed by atoms with E-state index < -0.39 is 17.7 Å². The molecule has 2 aromatic heterocycles. The van der Waals surface area contributed by atoms with Crippen LogP contribution in [-0.4, -0.2) is 31.6 Å². The van der Waals surface area contributed by atoms with Gasteiger partial charge in [0, 0.05) is 16.4 Å². The predicted molar refractivity (Wildman–Crippen MR) is 110 cm³/mol. The third-order valence-electron chi connectivity index (χ3n) is 6.02. The van der Waals surface area contributed by atoms with E-state index in [2.05, 4.69) is 14.8 Å². The van der Waals surface area contributed by atoms with Crippen LogP contribution in [0.4, 0.5) is 4.39 Å². The molecule has 0 spiro atoms. The molecular weight excluding hydrogens is 427 g/mol. The van der Waals surface area contributed by atoms with E-state index in [0.29, 0.717) is 24.5 Å². The van der Waals surface area contributed by atoms with Crippen molar-refractivity contribution in [1.82, 2.24) is 14.8 Å². The highest BCUT2D eigenvalue weighted by atomic mass is 35.5. The number of aliphatic imine (C=N–C) groups is 1. The fourth-order valence-corrected chi connectivity index (χ4v) is 6.11. The summed E-state index contributed by atoms with van der Waals surface area (Å²) >= 11 is 7.96. The van der Waals surface area contributed by atoms with Gasteiger partial charge in [0.2, 0.25) is 0 Å².